The van der Waals surface area contributed by atoms with E-state index in [0.717, 1.165) is 5.75 Å². The van der Waals surface area contributed by atoms with Gasteiger partial charge in [0.1, 0.15) is 5.75 Å². The van der Waals surface area contributed by atoms with E-state index in [-0.39, 0.29) is 10.3 Å². The highest BCUT2D eigenvalue weighted by molar-refractivity contribution is 7.69. The first-order chi connectivity index (χ1) is 15.9. The van der Waals surface area contributed by atoms with Crippen LogP contribution >= 0.6 is 7.92 Å². The predicted octanol–water partition coefficient (Wildman–Crippen LogP) is 10.4. The van der Waals surface area contributed by atoms with Crippen molar-refractivity contribution in [1.29, 1.82) is 0 Å². The average molecular weight is 497 g/mol. The molecule has 0 saturated heterocycles. The maximum Gasteiger partial charge on any atom is 0.125 e. The maximum atomic E-state index is 6.09. The Balaban J connectivity index is 3.31. The zero-order chi connectivity index (χ0) is 27.2. The van der Waals surface area contributed by atoms with Crippen molar-refractivity contribution in [2.24, 2.45) is 0 Å². The van der Waals surface area contributed by atoms with Crippen LogP contribution in [0.1, 0.15) is 134 Å². The molecule has 2 aromatic rings. The van der Waals surface area contributed by atoms with Gasteiger partial charge in [-0.1, -0.05) is 103 Å². The Morgan fingerprint density at radius 3 is 1.37 bits per heavy atom. The molecule has 0 fully saturated rings. The molecule has 0 aliphatic carbocycles. The first-order valence-corrected chi connectivity index (χ1v) is 14.9. The Morgan fingerprint density at radius 2 is 1.06 bits per heavy atom. The van der Waals surface area contributed by atoms with Crippen LogP contribution in [0.2, 0.25) is 0 Å². The minimum Gasteiger partial charge on any atom is -0.496 e. The van der Waals surface area contributed by atoms with Gasteiger partial charge in [-0.3, -0.25) is 0 Å². The number of hydrogen-bond acceptors (Lipinski definition) is 1. The van der Waals surface area contributed by atoms with Crippen molar-refractivity contribution in [2.45, 2.75) is 132 Å². The van der Waals surface area contributed by atoms with Gasteiger partial charge in [-0.15, -0.1) is 0 Å². The van der Waals surface area contributed by atoms with Gasteiger partial charge in [-0.05, 0) is 98.6 Å². The summed E-state index contributed by atoms with van der Waals surface area (Å²) in [6.45, 7) is 35.6. The largest absolute Gasteiger partial charge is 0.496 e. The fourth-order valence-electron chi connectivity index (χ4n) is 5.92. The third-order valence-electron chi connectivity index (χ3n) is 7.36. The van der Waals surface area contributed by atoms with Gasteiger partial charge in [0, 0.05) is 0 Å². The van der Waals surface area contributed by atoms with Crippen molar-refractivity contribution < 1.29 is 4.74 Å². The van der Waals surface area contributed by atoms with Gasteiger partial charge in [0.05, 0.1) is 7.11 Å². The molecule has 0 heterocycles. The number of hydrogen-bond donors (Lipinski definition) is 0. The molecule has 2 rings (SSSR count). The van der Waals surface area contributed by atoms with E-state index in [1.807, 2.05) is 7.11 Å². The van der Waals surface area contributed by atoms with Crippen LogP contribution < -0.4 is 10.0 Å². The van der Waals surface area contributed by atoms with E-state index >= 15 is 0 Å². The molecule has 2 heteroatoms. The maximum absolute atomic E-state index is 6.09. The van der Waals surface area contributed by atoms with Crippen LogP contribution in [0, 0.1) is 20.8 Å². The third-order valence-corrected chi connectivity index (χ3v) is 11.1. The second kappa shape index (κ2) is 10.6. The van der Waals surface area contributed by atoms with E-state index < -0.39 is 7.92 Å². The predicted molar refractivity (Wildman–Crippen MR) is 161 cm³/mol. The van der Waals surface area contributed by atoms with Crippen molar-refractivity contribution in [3.8, 4) is 16.9 Å². The van der Waals surface area contributed by atoms with Gasteiger partial charge in [0.2, 0.25) is 0 Å². The zero-order valence-corrected chi connectivity index (χ0v) is 26.6. The Morgan fingerprint density at radius 1 is 0.629 bits per heavy atom. The Bertz CT molecular complexity index is 1020. The van der Waals surface area contributed by atoms with E-state index in [2.05, 4.69) is 116 Å². The molecule has 0 aliphatic heterocycles. The Hall–Kier alpha value is -1.33. The molecule has 0 radical (unpaired) electrons. The SMILES string of the molecule is COc1c(C)c(C)c(P(C(C)(C)C)C(C)(C)C)c(-c2c(C(C)C)cc(C(C)C)cc2C(C)C)c1C. The average Bonchev–Trinajstić information content (AvgIpc) is 2.69. The van der Waals surface area contributed by atoms with Crippen LogP contribution in [0.25, 0.3) is 11.1 Å². The molecule has 0 atom stereocenters. The molecule has 0 unspecified atom stereocenters. The molecule has 0 bridgehead atoms. The summed E-state index contributed by atoms with van der Waals surface area (Å²) in [4.78, 5) is 0. The molecule has 0 saturated carbocycles. The highest BCUT2D eigenvalue weighted by atomic mass is 31.1. The van der Waals surface area contributed by atoms with Gasteiger partial charge in [-0.25, -0.2) is 0 Å². The summed E-state index contributed by atoms with van der Waals surface area (Å²) in [6, 6.07) is 5.00. The standard InChI is InChI=1S/C33H53OP/c1-19(2)25-17-26(20(3)4)29(27(18-25)21(5)6)28-24(9)30(34-16)22(7)23(8)31(28)35(32(10,11)12)33(13,14)15/h17-21H,1-16H3. The van der Waals surface area contributed by atoms with E-state index in [1.165, 1.54) is 44.5 Å². The van der Waals surface area contributed by atoms with Gasteiger partial charge >= 0.3 is 0 Å². The molecular formula is C33H53OP. The lowest BCUT2D eigenvalue weighted by Crippen LogP contribution is -2.34. The van der Waals surface area contributed by atoms with Crippen molar-refractivity contribution in [1.82, 2.24) is 0 Å². The zero-order valence-electron chi connectivity index (χ0n) is 25.7. The summed E-state index contributed by atoms with van der Waals surface area (Å²) in [5.74, 6) is 2.44. The topological polar surface area (TPSA) is 9.23 Å². The van der Waals surface area contributed by atoms with E-state index in [1.54, 1.807) is 5.30 Å². The monoisotopic (exact) mass is 496 g/mol. The molecule has 0 amide bonds. The summed E-state index contributed by atoms with van der Waals surface area (Å²) in [7, 11) is 1.34. The second-order valence-electron chi connectivity index (χ2n) is 13.3. The summed E-state index contributed by atoms with van der Waals surface area (Å²) >= 11 is 0. The normalized spacial score (nSPS) is 13.0. The van der Waals surface area contributed by atoms with E-state index in [0.29, 0.717) is 17.8 Å². The molecule has 0 N–H and O–H groups in total. The molecule has 0 aromatic heterocycles. The fourth-order valence-corrected chi connectivity index (χ4v) is 10.3. The van der Waals surface area contributed by atoms with Gasteiger partial charge < -0.3 is 4.74 Å². The summed E-state index contributed by atoms with van der Waals surface area (Å²) in [5, 5.41) is 1.93. The van der Waals surface area contributed by atoms with Crippen molar-refractivity contribution in [2.75, 3.05) is 7.11 Å². The van der Waals surface area contributed by atoms with Crippen LogP contribution in [0.5, 0.6) is 5.75 Å². The quantitative estimate of drug-likeness (QED) is 0.361. The Labute approximate surface area is 219 Å². The summed E-state index contributed by atoms with van der Waals surface area (Å²) < 4.78 is 6.09. The van der Waals surface area contributed by atoms with Crippen LogP contribution in [0.4, 0.5) is 0 Å². The molecule has 35 heavy (non-hydrogen) atoms. The smallest absolute Gasteiger partial charge is 0.125 e. The van der Waals surface area contributed by atoms with Crippen molar-refractivity contribution >= 4 is 13.2 Å². The van der Waals surface area contributed by atoms with Gasteiger partial charge in [-0.2, -0.15) is 0 Å². The molecule has 196 valence electrons. The van der Waals surface area contributed by atoms with Crippen LogP contribution in [0.15, 0.2) is 12.1 Å². The minimum atomic E-state index is -0.492. The van der Waals surface area contributed by atoms with Crippen molar-refractivity contribution in [3.63, 3.8) is 0 Å². The summed E-state index contributed by atoms with van der Waals surface area (Å²) in [6.07, 6.45) is 0. The molecule has 0 spiro atoms. The molecular weight excluding hydrogens is 443 g/mol. The fraction of sp³-hybridized carbons (Fsp3) is 0.636. The van der Waals surface area contributed by atoms with Crippen LogP contribution in [-0.4, -0.2) is 17.4 Å². The number of ether oxygens (including phenoxy) is 1. The first kappa shape index (κ1) is 29.9. The second-order valence-corrected chi connectivity index (χ2v) is 17.1. The highest BCUT2D eigenvalue weighted by Gasteiger charge is 2.40. The lowest BCUT2D eigenvalue weighted by atomic mass is 9.80. The number of benzene rings is 2. The number of rotatable bonds is 6. The molecule has 2 aromatic carbocycles. The van der Waals surface area contributed by atoms with Gasteiger partial charge in [0.15, 0.2) is 0 Å². The highest BCUT2D eigenvalue weighted by Crippen LogP contribution is 2.61. The Kier molecular flexibility index (Phi) is 9.03. The number of methoxy groups -OCH3 is 1. The molecule has 0 aliphatic rings. The molecule has 1 nitrogen and oxygen atoms in total. The third kappa shape index (κ3) is 5.82. The minimum absolute atomic E-state index is 0.175. The first-order valence-electron chi connectivity index (χ1n) is 13.5. The lowest BCUT2D eigenvalue weighted by molar-refractivity contribution is 0.408. The lowest BCUT2D eigenvalue weighted by Gasteiger charge is -2.44. The van der Waals surface area contributed by atoms with E-state index in [9.17, 15) is 0 Å². The summed E-state index contributed by atoms with van der Waals surface area (Å²) in [5.41, 5.74) is 11.3. The van der Waals surface area contributed by atoms with Gasteiger partial charge in [0.25, 0.3) is 0 Å². The van der Waals surface area contributed by atoms with Crippen molar-refractivity contribution in [3.05, 3.63) is 45.5 Å². The van der Waals surface area contributed by atoms with E-state index in [4.69, 9.17) is 4.74 Å². The van der Waals surface area contributed by atoms with Crippen LogP contribution in [0.3, 0.4) is 0 Å². The van der Waals surface area contributed by atoms with Crippen LogP contribution in [-0.2, 0) is 0 Å².